The molecule has 0 bridgehead atoms. The summed E-state index contributed by atoms with van der Waals surface area (Å²) in [4.78, 5) is 0. The van der Waals surface area contributed by atoms with Crippen LogP contribution in [0.1, 0.15) is 32.3 Å². The summed E-state index contributed by atoms with van der Waals surface area (Å²) in [5.74, 6) is 0.719. The number of ether oxygens (including phenoxy) is 2. The lowest BCUT2D eigenvalue weighted by molar-refractivity contribution is 0.130. The number of hydrogen-bond acceptors (Lipinski definition) is 3. The minimum atomic E-state index is 0.558. The lowest BCUT2D eigenvalue weighted by Gasteiger charge is -2.14. The molecule has 0 radical (unpaired) electrons. The summed E-state index contributed by atoms with van der Waals surface area (Å²) in [5, 5.41) is 4.52. The molecule has 0 heterocycles. The molecule has 0 fully saturated rings. The zero-order valence-corrected chi connectivity index (χ0v) is 13.7. The van der Waals surface area contributed by atoms with Crippen LogP contribution in [0.3, 0.4) is 0 Å². The zero-order chi connectivity index (χ0) is 14.8. The minimum absolute atomic E-state index is 0.558. The average molecular weight is 320 g/mol. The first-order valence-corrected chi connectivity index (χ1v) is 7.83. The summed E-state index contributed by atoms with van der Waals surface area (Å²) in [5.41, 5.74) is 0.993. The Morgan fingerprint density at radius 1 is 1.15 bits per heavy atom. The molecule has 114 valence electrons. The molecule has 0 aromatic heterocycles. The molecule has 0 spiro atoms. The molecular formula is C15H23Cl2NO2. The Morgan fingerprint density at radius 2 is 1.95 bits per heavy atom. The number of hydrogen-bond donors (Lipinski definition) is 1. The lowest BCUT2D eigenvalue weighted by Crippen LogP contribution is -2.15. The predicted octanol–water partition coefficient (Wildman–Crippen LogP) is 4.30. The van der Waals surface area contributed by atoms with Gasteiger partial charge in [0.2, 0.25) is 0 Å². The number of rotatable bonds is 10. The van der Waals surface area contributed by atoms with E-state index in [0.717, 1.165) is 37.3 Å². The third-order valence-electron chi connectivity index (χ3n) is 2.71. The minimum Gasteiger partial charge on any atom is -0.492 e. The van der Waals surface area contributed by atoms with Gasteiger partial charge >= 0.3 is 0 Å². The molecule has 1 rings (SSSR count). The van der Waals surface area contributed by atoms with Gasteiger partial charge in [-0.05, 0) is 32.0 Å². The van der Waals surface area contributed by atoms with Gasteiger partial charge in [0.05, 0.1) is 11.6 Å². The first-order chi connectivity index (χ1) is 9.69. The van der Waals surface area contributed by atoms with Gasteiger partial charge in [0.1, 0.15) is 5.75 Å². The van der Waals surface area contributed by atoms with Crippen molar-refractivity contribution >= 4 is 23.2 Å². The van der Waals surface area contributed by atoms with Gasteiger partial charge in [-0.15, -0.1) is 0 Å². The van der Waals surface area contributed by atoms with Crippen molar-refractivity contribution in [2.75, 3.05) is 26.4 Å². The van der Waals surface area contributed by atoms with Crippen LogP contribution in [0, 0.1) is 0 Å². The van der Waals surface area contributed by atoms with E-state index < -0.39 is 0 Å². The van der Waals surface area contributed by atoms with Crippen molar-refractivity contribution < 1.29 is 9.47 Å². The van der Waals surface area contributed by atoms with Crippen LogP contribution >= 0.6 is 23.2 Å². The van der Waals surface area contributed by atoms with E-state index in [9.17, 15) is 0 Å². The topological polar surface area (TPSA) is 30.5 Å². The van der Waals surface area contributed by atoms with Crippen LogP contribution in [0.15, 0.2) is 12.1 Å². The molecule has 1 aromatic carbocycles. The maximum atomic E-state index is 6.22. The van der Waals surface area contributed by atoms with Crippen molar-refractivity contribution in [3.05, 3.63) is 27.7 Å². The Balaban J connectivity index is 2.61. The molecule has 0 aliphatic carbocycles. The summed E-state index contributed by atoms with van der Waals surface area (Å²) in [7, 11) is 0. The Labute approximate surface area is 131 Å². The number of nitrogens with one attached hydrogen (secondary N) is 1. The van der Waals surface area contributed by atoms with Crippen LogP contribution in [0.2, 0.25) is 10.0 Å². The van der Waals surface area contributed by atoms with Gasteiger partial charge < -0.3 is 14.8 Å². The highest BCUT2D eigenvalue weighted by molar-refractivity contribution is 6.35. The number of benzene rings is 1. The quantitative estimate of drug-likeness (QED) is 0.652. The monoisotopic (exact) mass is 319 g/mol. The third-order valence-corrected chi connectivity index (χ3v) is 3.21. The second kappa shape index (κ2) is 10.3. The molecule has 3 nitrogen and oxygen atoms in total. The molecule has 20 heavy (non-hydrogen) atoms. The Bertz CT molecular complexity index is 400. The highest BCUT2D eigenvalue weighted by atomic mass is 35.5. The van der Waals surface area contributed by atoms with E-state index in [1.165, 1.54) is 0 Å². The van der Waals surface area contributed by atoms with Crippen molar-refractivity contribution in [1.29, 1.82) is 0 Å². The van der Waals surface area contributed by atoms with Crippen molar-refractivity contribution in [1.82, 2.24) is 5.32 Å². The molecule has 0 aliphatic heterocycles. The van der Waals surface area contributed by atoms with Crippen LogP contribution in [0.25, 0.3) is 0 Å². The fourth-order valence-corrected chi connectivity index (χ4v) is 2.38. The summed E-state index contributed by atoms with van der Waals surface area (Å²) in [6.45, 7) is 7.78. The van der Waals surface area contributed by atoms with E-state index in [1.807, 2.05) is 13.0 Å². The Hall–Kier alpha value is -0.480. The van der Waals surface area contributed by atoms with Gasteiger partial charge in [-0.3, -0.25) is 0 Å². The van der Waals surface area contributed by atoms with Crippen molar-refractivity contribution in [2.24, 2.45) is 0 Å². The maximum Gasteiger partial charge on any atom is 0.142 e. The molecule has 0 unspecified atom stereocenters. The SMILES string of the molecule is CCCNCc1cc(Cl)cc(Cl)c1OCCCOCC. The van der Waals surface area contributed by atoms with E-state index in [2.05, 4.69) is 12.2 Å². The summed E-state index contributed by atoms with van der Waals surface area (Å²) in [6, 6.07) is 3.61. The van der Waals surface area contributed by atoms with Gasteiger partial charge in [-0.1, -0.05) is 30.1 Å². The highest BCUT2D eigenvalue weighted by Gasteiger charge is 2.10. The summed E-state index contributed by atoms with van der Waals surface area (Å²) in [6.07, 6.45) is 1.92. The van der Waals surface area contributed by atoms with Crippen molar-refractivity contribution in [3.63, 3.8) is 0 Å². The molecule has 1 N–H and O–H groups in total. The van der Waals surface area contributed by atoms with Gasteiger partial charge in [-0.25, -0.2) is 0 Å². The largest absolute Gasteiger partial charge is 0.492 e. The first-order valence-electron chi connectivity index (χ1n) is 7.08. The molecule has 0 amide bonds. The van der Waals surface area contributed by atoms with Crippen LogP contribution < -0.4 is 10.1 Å². The molecule has 0 aliphatic rings. The predicted molar refractivity (Wildman–Crippen MR) is 85.1 cm³/mol. The fraction of sp³-hybridized carbons (Fsp3) is 0.600. The van der Waals surface area contributed by atoms with Crippen LogP contribution in [-0.4, -0.2) is 26.4 Å². The molecular weight excluding hydrogens is 297 g/mol. The summed E-state index contributed by atoms with van der Waals surface area (Å²) < 4.78 is 11.1. The van der Waals surface area contributed by atoms with Crippen LogP contribution in [0.4, 0.5) is 0 Å². The van der Waals surface area contributed by atoms with Crippen molar-refractivity contribution in [2.45, 2.75) is 33.2 Å². The first kappa shape index (κ1) is 17.6. The lowest BCUT2D eigenvalue weighted by atomic mass is 10.2. The standard InChI is InChI=1S/C15H23Cl2NO2/c1-3-6-18-11-12-9-13(16)10-14(17)15(12)20-8-5-7-19-4-2/h9-10,18H,3-8,11H2,1-2H3. The fourth-order valence-electron chi connectivity index (χ4n) is 1.79. The smallest absolute Gasteiger partial charge is 0.142 e. The van der Waals surface area contributed by atoms with Gasteiger partial charge in [-0.2, -0.15) is 0 Å². The third kappa shape index (κ3) is 6.31. The molecule has 0 saturated heterocycles. The molecule has 1 aromatic rings. The zero-order valence-electron chi connectivity index (χ0n) is 12.2. The van der Waals surface area contributed by atoms with Gasteiger partial charge in [0.15, 0.2) is 0 Å². The van der Waals surface area contributed by atoms with E-state index in [-0.39, 0.29) is 0 Å². The Kier molecular flexibility index (Phi) is 9.03. The normalized spacial score (nSPS) is 10.8. The molecule has 5 heteroatoms. The maximum absolute atomic E-state index is 6.22. The second-order valence-electron chi connectivity index (χ2n) is 4.45. The highest BCUT2D eigenvalue weighted by Crippen LogP contribution is 2.32. The van der Waals surface area contributed by atoms with Crippen LogP contribution in [0.5, 0.6) is 5.75 Å². The average Bonchev–Trinajstić information content (AvgIpc) is 2.41. The number of halogens is 2. The van der Waals surface area contributed by atoms with E-state index in [1.54, 1.807) is 6.07 Å². The van der Waals surface area contributed by atoms with E-state index in [4.69, 9.17) is 32.7 Å². The van der Waals surface area contributed by atoms with E-state index >= 15 is 0 Å². The van der Waals surface area contributed by atoms with E-state index in [0.29, 0.717) is 29.8 Å². The molecule has 0 saturated carbocycles. The van der Waals surface area contributed by atoms with Gasteiger partial charge in [0.25, 0.3) is 0 Å². The summed E-state index contributed by atoms with van der Waals surface area (Å²) >= 11 is 12.3. The van der Waals surface area contributed by atoms with Crippen molar-refractivity contribution in [3.8, 4) is 5.75 Å². The second-order valence-corrected chi connectivity index (χ2v) is 5.30. The van der Waals surface area contributed by atoms with Crippen LogP contribution in [-0.2, 0) is 11.3 Å². The van der Waals surface area contributed by atoms with Gasteiger partial charge in [0, 0.05) is 36.8 Å². The Morgan fingerprint density at radius 3 is 2.65 bits per heavy atom. The molecule has 0 atom stereocenters.